The van der Waals surface area contributed by atoms with Crippen molar-refractivity contribution in [1.29, 1.82) is 0 Å². The van der Waals surface area contributed by atoms with Crippen molar-refractivity contribution in [2.75, 3.05) is 39.5 Å². The average Bonchev–Trinajstić information content (AvgIpc) is 3.10. The first-order valence-electron chi connectivity index (χ1n) is 7.40. The van der Waals surface area contributed by atoms with Crippen LogP contribution in [0.5, 0.6) is 0 Å². The third-order valence-electron chi connectivity index (χ3n) is 3.58. The van der Waals surface area contributed by atoms with Crippen LogP contribution < -0.4 is 0 Å². The summed E-state index contributed by atoms with van der Waals surface area (Å²) in [6.45, 7) is 2.78. The second-order valence-corrected chi connectivity index (χ2v) is 5.07. The Hall–Kier alpha value is -1.40. The summed E-state index contributed by atoms with van der Waals surface area (Å²) < 4.78 is 22.9. The fourth-order valence-corrected chi connectivity index (χ4v) is 2.56. The van der Waals surface area contributed by atoms with Crippen LogP contribution in [0, 0.1) is 0 Å². The monoisotopic (exact) mass is 312 g/mol. The van der Waals surface area contributed by atoms with Crippen molar-refractivity contribution >= 4 is 12.2 Å². The predicted octanol–water partition coefficient (Wildman–Crippen LogP) is 0.00620. The van der Waals surface area contributed by atoms with Gasteiger partial charge in [-0.15, -0.1) is 0 Å². The molecular weight excluding hydrogens is 292 g/mol. The van der Waals surface area contributed by atoms with E-state index in [1.54, 1.807) is 0 Å². The van der Waals surface area contributed by atoms with E-state index in [1.807, 2.05) is 0 Å². The smallest absolute Gasteiger partial charge is 0.234 e. The highest BCUT2D eigenvalue weighted by Gasteiger charge is 2.48. The highest BCUT2D eigenvalue weighted by atomic mass is 16.6. The summed E-state index contributed by atoms with van der Waals surface area (Å²) in [6.07, 6.45) is 3.87. The number of carbonyl (C=O) groups excluding carboxylic acids is 2. The van der Waals surface area contributed by atoms with E-state index in [4.69, 9.17) is 18.9 Å². The molecule has 0 radical (unpaired) electrons. The van der Waals surface area contributed by atoms with E-state index in [0.717, 1.165) is 0 Å². The minimum atomic E-state index is -0.118. The van der Waals surface area contributed by atoms with Gasteiger partial charge in [0.25, 0.3) is 0 Å². The van der Waals surface area contributed by atoms with E-state index >= 15 is 0 Å². The van der Waals surface area contributed by atoms with Gasteiger partial charge in [0, 0.05) is 13.2 Å². The maximum atomic E-state index is 9.94. The van der Waals surface area contributed by atoms with Gasteiger partial charge >= 0.3 is 0 Å². The molecule has 0 saturated carbocycles. The molecule has 0 aliphatic carbocycles. The van der Waals surface area contributed by atoms with Crippen molar-refractivity contribution < 1.29 is 28.5 Å². The molecule has 0 N–H and O–H groups in total. The van der Waals surface area contributed by atoms with Crippen LogP contribution in [0.4, 0.5) is 0 Å². The SMILES string of the molecule is O=C=NCCCO[C@H]1COC2C1OC[C@@H]2OCCCN=C=O. The Morgan fingerprint density at radius 2 is 1.32 bits per heavy atom. The van der Waals surface area contributed by atoms with E-state index < -0.39 is 0 Å². The van der Waals surface area contributed by atoms with Gasteiger partial charge in [0.1, 0.15) is 24.4 Å². The molecule has 0 spiro atoms. The predicted molar refractivity (Wildman–Crippen MR) is 74.2 cm³/mol. The number of rotatable bonds is 10. The zero-order chi connectivity index (χ0) is 15.6. The van der Waals surface area contributed by atoms with Crippen LogP contribution in [-0.2, 0) is 28.5 Å². The van der Waals surface area contributed by atoms with Gasteiger partial charge in [-0.2, -0.15) is 0 Å². The summed E-state index contributed by atoms with van der Waals surface area (Å²) in [5, 5.41) is 0. The van der Waals surface area contributed by atoms with E-state index in [2.05, 4.69) is 9.98 Å². The quantitative estimate of drug-likeness (QED) is 0.320. The molecule has 0 aromatic heterocycles. The van der Waals surface area contributed by atoms with Crippen molar-refractivity contribution in [3.8, 4) is 0 Å². The van der Waals surface area contributed by atoms with Crippen molar-refractivity contribution in [1.82, 2.24) is 0 Å². The minimum Gasteiger partial charge on any atom is -0.373 e. The normalized spacial score (nSPS) is 29.6. The lowest BCUT2D eigenvalue weighted by Crippen LogP contribution is -2.34. The summed E-state index contributed by atoms with van der Waals surface area (Å²) in [5.41, 5.74) is 0. The number of hydrogen-bond acceptors (Lipinski definition) is 8. The molecule has 2 aliphatic heterocycles. The summed E-state index contributed by atoms with van der Waals surface area (Å²) in [5.74, 6) is 0. The first-order valence-corrected chi connectivity index (χ1v) is 7.40. The number of fused-ring (bicyclic) bond motifs is 1. The summed E-state index contributed by atoms with van der Waals surface area (Å²) in [7, 11) is 0. The van der Waals surface area contributed by atoms with Crippen LogP contribution >= 0.6 is 0 Å². The van der Waals surface area contributed by atoms with Crippen LogP contribution in [0.25, 0.3) is 0 Å². The Labute approximate surface area is 128 Å². The lowest BCUT2D eigenvalue weighted by atomic mass is 10.1. The lowest BCUT2D eigenvalue weighted by molar-refractivity contribution is -0.0503. The molecule has 2 heterocycles. The Balaban J connectivity index is 1.65. The van der Waals surface area contributed by atoms with E-state index in [9.17, 15) is 9.59 Å². The Morgan fingerprint density at radius 3 is 1.73 bits per heavy atom. The highest BCUT2D eigenvalue weighted by molar-refractivity contribution is 5.32. The fraction of sp³-hybridized carbons (Fsp3) is 0.857. The standard InChI is InChI=1S/C14H20N2O6/c17-9-15-3-1-5-19-11-7-21-14-12(8-22-13(11)14)20-6-2-4-16-10-18/h11-14H,1-8H2/t11-,12-,13?,14?/m0/s1. The molecule has 2 aliphatic rings. The first-order chi connectivity index (χ1) is 10.9. The molecule has 0 aromatic rings. The van der Waals surface area contributed by atoms with Crippen LogP contribution in [0.3, 0.4) is 0 Å². The average molecular weight is 312 g/mol. The molecule has 122 valence electrons. The Bertz CT molecular complexity index is 393. The second kappa shape index (κ2) is 9.58. The molecule has 2 fully saturated rings. The first kappa shape index (κ1) is 17.0. The Morgan fingerprint density at radius 1 is 0.864 bits per heavy atom. The molecule has 22 heavy (non-hydrogen) atoms. The molecule has 8 nitrogen and oxygen atoms in total. The third-order valence-corrected chi connectivity index (χ3v) is 3.58. The second-order valence-electron chi connectivity index (χ2n) is 5.07. The van der Waals surface area contributed by atoms with E-state index in [-0.39, 0.29) is 24.4 Å². The molecule has 0 amide bonds. The van der Waals surface area contributed by atoms with Crippen LogP contribution in [-0.4, -0.2) is 76.1 Å². The number of isocyanates is 2. The third kappa shape index (κ3) is 4.81. The minimum absolute atomic E-state index is 0.113. The molecule has 2 unspecified atom stereocenters. The van der Waals surface area contributed by atoms with Gasteiger partial charge in [0.2, 0.25) is 12.2 Å². The molecular formula is C14H20N2O6. The van der Waals surface area contributed by atoms with Crippen molar-refractivity contribution in [2.45, 2.75) is 37.3 Å². The molecule has 0 bridgehead atoms. The van der Waals surface area contributed by atoms with Gasteiger partial charge in [-0.3, -0.25) is 0 Å². The van der Waals surface area contributed by atoms with Crippen LogP contribution in [0.2, 0.25) is 0 Å². The number of nitrogens with zero attached hydrogens (tertiary/aromatic N) is 2. The van der Waals surface area contributed by atoms with Gasteiger partial charge in [0.05, 0.1) is 26.3 Å². The van der Waals surface area contributed by atoms with Gasteiger partial charge in [-0.1, -0.05) is 0 Å². The molecule has 8 heteroatoms. The number of aliphatic imine (C=N–C) groups is 2. The van der Waals surface area contributed by atoms with Gasteiger partial charge in [0.15, 0.2) is 0 Å². The van der Waals surface area contributed by atoms with Crippen molar-refractivity contribution in [2.24, 2.45) is 9.98 Å². The fourth-order valence-electron chi connectivity index (χ4n) is 2.56. The van der Waals surface area contributed by atoms with E-state index in [1.165, 1.54) is 12.2 Å². The number of hydrogen-bond donors (Lipinski definition) is 0. The van der Waals surface area contributed by atoms with Crippen LogP contribution in [0.1, 0.15) is 12.8 Å². The summed E-state index contributed by atoms with van der Waals surface area (Å²) >= 11 is 0. The lowest BCUT2D eigenvalue weighted by Gasteiger charge is -2.17. The molecule has 4 atom stereocenters. The maximum Gasteiger partial charge on any atom is 0.234 e. The van der Waals surface area contributed by atoms with Gasteiger partial charge in [-0.05, 0) is 12.8 Å². The summed E-state index contributed by atoms with van der Waals surface area (Å²) in [4.78, 5) is 26.8. The van der Waals surface area contributed by atoms with Gasteiger partial charge in [-0.25, -0.2) is 19.6 Å². The summed E-state index contributed by atoms with van der Waals surface area (Å²) in [6, 6.07) is 0. The Kier molecular flexibility index (Phi) is 7.39. The zero-order valence-electron chi connectivity index (χ0n) is 12.3. The van der Waals surface area contributed by atoms with Gasteiger partial charge < -0.3 is 18.9 Å². The molecule has 2 rings (SSSR count). The topological polar surface area (TPSA) is 95.8 Å². The number of ether oxygens (including phenoxy) is 4. The van der Waals surface area contributed by atoms with Crippen molar-refractivity contribution in [3.63, 3.8) is 0 Å². The van der Waals surface area contributed by atoms with Crippen LogP contribution in [0.15, 0.2) is 9.98 Å². The largest absolute Gasteiger partial charge is 0.373 e. The molecule has 0 aromatic carbocycles. The zero-order valence-corrected chi connectivity index (χ0v) is 12.3. The molecule has 2 saturated heterocycles. The maximum absolute atomic E-state index is 9.94. The van der Waals surface area contributed by atoms with E-state index in [0.29, 0.717) is 52.4 Å². The highest BCUT2D eigenvalue weighted by Crippen LogP contribution is 2.30. The van der Waals surface area contributed by atoms with Crippen molar-refractivity contribution in [3.05, 3.63) is 0 Å².